The third-order valence-electron chi connectivity index (χ3n) is 3.48. The number of rotatable bonds is 6. The Balaban J connectivity index is 2.10. The minimum absolute atomic E-state index is 0.0412. The molecule has 1 aliphatic carbocycles. The van der Waals surface area contributed by atoms with Crippen LogP contribution in [0.15, 0.2) is 18.2 Å². The van der Waals surface area contributed by atoms with Crippen LogP contribution >= 0.6 is 11.6 Å². The third-order valence-corrected chi connectivity index (χ3v) is 3.71. The molecule has 2 rings (SSSR count). The smallest absolute Gasteiger partial charge is 0.253 e. The van der Waals surface area contributed by atoms with E-state index in [1.54, 1.807) is 12.1 Å². The van der Waals surface area contributed by atoms with E-state index in [1.165, 1.54) is 12.8 Å². The number of halogens is 1. The van der Waals surface area contributed by atoms with Crippen molar-refractivity contribution in [2.75, 3.05) is 11.9 Å². The van der Waals surface area contributed by atoms with E-state index in [-0.39, 0.29) is 11.9 Å². The molecule has 2 N–H and O–H groups in total. The summed E-state index contributed by atoms with van der Waals surface area (Å²) in [7, 11) is 0. The highest BCUT2D eigenvalue weighted by Crippen LogP contribution is 2.32. The van der Waals surface area contributed by atoms with E-state index in [9.17, 15) is 4.79 Å². The van der Waals surface area contributed by atoms with Crippen molar-refractivity contribution in [1.29, 1.82) is 0 Å². The Morgan fingerprint density at radius 3 is 2.84 bits per heavy atom. The van der Waals surface area contributed by atoms with Gasteiger partial charge in [0.2, 0.25) is 0 Å². The monoisotopic (exact) mass is 280 g/mol. The van der Waals surface area contributed by atoms with E-state index in [0.29, 0.717) is 16.5 Å². The van der Waals surface area contributed by atoms with Gasteiger partial charge >= 0.3 is 0 Å². The standard InChI is InChI=1S/C15H21ClN2O/c1-3-8-17-14-7-6-12(16)9-13(14)15(19)18-10(2)11-4-5-11/h6-7,9-11,17H,3-5,8H2,1-2H3,(H,18,19). The van der Waals surface area contributed by atoms with Crippen molar-refractivity contribution in [3.8, 4) is 0 Å². The van der Waals surface area contributed by atoms with Crippen LogP contribution in [0.4, 0.5) is 5.69 Å². The minimum Gasteiger partial charge on any atom is -0.384 e. The largest absolute Gasteiger partial charge is 0.384 e. The molecule has 0 aliphatic heterocycles. The van der Waals surface area contributed by atoms with Crippen molar-refractivity contribution in [2.24, 2.45) is 5.92 Å². The van der Waals surface area contributed by atoms with E-state index in [2.05, 4.69) is 24.5 Å². The lowest BCUT2D eigenvalue weighted by atomic mass is 10.1. The molecule has 3 nitrogen and oxygen atoms in total. The second-order valence-electron chi connectivity index (χ2n) is 5.22. The zero-order valence-electron chi connectivity index (χ0n) is 11.5. The highest BCUT2D eigenvalue weighted by Gasteiger charge is 2.29. The molecule has 1 unspecified atom stereocenters. The summed E-state index contributed by atoms with van der Waals surface area (Å²) in [6.07, 6.45) is 3.46. The summed E-state index contributed by atoms with van der Waals surface area (Å²) in [5.41, 5.74) is 1.49. The van der Waals surface area contributed by atoms with Gasteiger partial charge in [-0.1, -0.05) is 18.5 Å². The van der Waals surface area contributed by atoms with Crippen molar-refractivity contribution in [1.82, 2.24) is 5.32 Å². The summed E-state index contributed by atoms with van der Waals surface area (Å²) in [6.45, 7) is 5.01. The number of carbonyl (C=O) groups excluding carboxylic acids is 1. The maximum atomic E-state index is 12.3. The van der Waals surface area contributed by atoms with Gasteiger partial charge in [0.05, 0.1) is 5.56 Å². The van der Waals surface area contributed by atoms with Crippen molar-refractivity contribution >= 4 is 23.2 Å². The molecule has 104 valence electrons. The van der Waals surface area contributed by atoms with Crippen LogP contribution in [-0.4, -0.2) is 18.5 Å². The average molecular weight is 281 g/mol. The summed E-state index contributed by atoms with van der Waals surface area (Å²) < 4.78 is 0. The normalized spacial score (nSPS) is 15.9. The topological polar surface area (TPSA) is 41.1 Å². The van der Waals surface area contributed by atoms with Gasteiger partial charge in [0.15, 0.2) is 0 Å². The summed E-state index contributed by atoms with van der Waals surface area (Å²) in [6, 6.07) is 5.65. The fourth-order valence-electron chi connectivity index (χ4n) is 2.12. The number of anilines is 1. The third kappa shape index (κ3) is 3.87. The second kappa shape index (κ2) is 6.29. The molecule has 1 aromatic carbocycles. The molecule has 1 aliphatic rings. The molecule has 19 heavy (non-hydrogen) atoms. The van der Waals surface area contributed by atoms with Crippen molar-refractivity contribution < 1.29 is 4.79 Å². The summed E-state index contributed by atoms with van der Waals surface area (Å²) >= 11 is 6.00. The molecule has 0 spiro atoms. The Labute approximate surface area is 119 Å². The fraction of sp³-hybridized carbons (Fsp3) is 0.533. The molecule has 0 heterocycles. The molecule has 0 radical (unpaired) electrons. The number of hydrogen-bond donors (Lipinski definition) is 2. The molecule has 1 fully saturated rings. The summed E-state index contributed by atoms with van der Waals surface area (Å²) in [4.78, 5) is 12.3. The van der Waals surface area contributed by atoms with Gasteiger partial charge in [0.25, 0.3) is 5.91 Å². The lowest BCUT2D eigenvalue weighted by molar-refractivity contribution is 0.0936. The average Bonchev–Trinajstić information content (AvgIpc) is 3.21. The maximum Gasteiger partial charge on any atom is 0.253 e. The van der Waals surface area contributed by atoms with Gasteiger partial charge in [-0.15, -0.1) is 0 Å². The Hall–Kier alpha value is -1.22. The number of nitrogens with one attached hydrogen (secondary N) is 2. The molecule has 1 saturated carbocycles. The molecule has 0 bridgehead atoms. The predicted octanol–water partition coefficient (Wildman–Crippen LogP) is 3.69. The molecule has 1 atom stereocenters. The Bertz CT molecular complexity index is 457. The number of carbonyl (C=O) groups is 1. The molecular weight excluding hydrogens is 260 g/mol. The van der Waals surface area contributed by atoms with Crippen LogP contribution < -0.4 is 10.6 Å². The van der Waals surface area contributed by atoms with E-state index < -0.39 is 0 Å². The molecule has 0 aromatic heterocycles. The van der Waals surface area contributed by atoms with Crippen LogP contribution in [0.1, 0.15) is 43.5 Å². The maximum absolute atomic E-state index is 12.3. The molecule has 0 saturated heterocycles. The van der Waals surface area contributed by atoms with E-state index >= 15 is 0 Å². The van der Waals surface area contributed by atoms with Gasteiger partial charge in [-0.2, -0.15) is 0 Å². The van der Waals surface area contributed by atoms with Crippen molar-refractivity contribution in [3.05, 3.63) is 28.8 Å². The van der Waals surface area contributed by atoms with Gasteiger partial charge in [0.1, 0.15) is 0 Å². The summed E-state index contributed by atoms with van der Waals surface area (Å²) in [5, 5.41) is 6.92. The van der Waals surface area contributed by atoms with E-state index in [4.69, 9.17) is 11.6 Å². The Morgan fingerprint density at radius 1 is 1.47 bits per heavy atom. The summed E-state index contributed by atoms with van der Waals surface area (Å²) in [5.74, 6) is 0.607. The van der Waals surface area contributed by atoms with Crippen LogP contribution in [0.5, 0.6) is 0 Å². The van der Waals surface area contributed by atoms with Gasteiger partial charge in [-0.05, 0) is 50.3 Å². The fourth-order valence-corrected chi connectivity index (χ4v) is 2.29. The quantitative estimate of drug-likeness (QED) is 0.834. The van der Waals surface area contributed by atoms with Crippen molar-refractivity contribution in [3.63, 3.8) is 0 Å². The molecule has 4 heteroatoms. The van der Waals surface area contributed by atoms with Gasteiger partial charge in [0, 0.05) is 23.3 Å². The highest BCUT2D eigenvalue weighted by atomic mass is 35.5. The number of benzene rings is 1. The zero-order chi connectivity index (χ0) is 13.8. The Morgan fingerprint density at radius 2 is 2.21 bits per heavy atom. The first-order chi connectivity index (χ1) is 9.11. The SMILES string of the molecule is CCCNc1ccc(Cl)cc1C(=O)NC(C)C1CC1. The van der Waals surface area contributed by atoms with Crippen molar-refractivity contribution in [2.45, 2.75) is 39.2 Å². The van der Waals surface area contributed by atoms with Crippen LogP contribution in [-0.2, 0) is 0 Å². The number of hydrogen-bond acceptors (Lipinski definition) is 2. The van der Waals surface area contributed by atoms with Crippen LogP contribution in [0, 0.1) is 5.92 Å². The lowest BCUT2D eigenvalue weighted by Gasteiger charge is -2.16. The molecule has 1 amide bonds. The minimum atomic E-state index is -0.0412. The molecule has 1 aromatic rings. The number of amides is 1. The van der Waals surface area contributed by atoms with Gasteiger partial charge in [-0.25, -0.2) is 0 Å². The van der Waals surface area contributed by atoms with Crippen LogP contribution in [0.25, 0.3) is 0 Å². The van der Waals surface area contributed by atoms with E-state index in [1.807, 2.05) is 6.07 Å². The van der Waals surface area contributed by atoms with Gasteiger partial charge < -0.3 is 10.6 Å². The highest BCUT2D eigenvalue weighted by molar-refractivity contribution is 6.31. The second-order valence-corrected chi connectivity index (χ2v) is 5.65. The zero-order valence-corrected chi connectivity index (χ0v) is 12.3. The van der Waals surface area contributed by atoms with Crippen LogP contribution in [0.2, 0.25) is 5.02 Å². The lowest BCUT2D eigenvalue weighted by Crippen LogP contribution is -2.34. The predicted molar refractivity (Wildman–Crippen MR) is 79.9 cm³/mol. The van der Waals surface area contributed by atoms with Crippen LogP contribution in [0.3, 0.4) is 0 Å². The first-order valence-corrected chi connectivity index (χ1v) is 7.34. The van der Waals surface area contributed by atoms with E-state index in [0.717, 1.165) is 18.7 Å². The Kier molecular flexibility index (Phi) is 4.70. The molecular formula is C15H21ClN2O. The first-order valence-electron chi connectivity index (χ1n) is 6.96. The van der Waals surface area contributed by atoms with Gasteiger partial charge in [-0.3, -0.25) is 4.79 Å². The first kappa shape index (κ1) is 14.2.